The zero-order chi connectivity index (χ0) is 13.9. The van der Waals surface area contributed by atoms with Crippen molar-refractivity contribution in [2.45, 2.75) is 30.9 Å². The van der Waals surface area contributed by atoms with E-state index in [-0.39, 0.29) is 4.75 Å². The molecular formula is C15H21ClO2S. The third-order valence-corrected chi connectivity index (χ3v) is 5.52. The fourth-order valence-electron chi connectivity index (χ4n) is 2.80. The van der Waals surface area contributed by atoms with Crippen LogP contribution in [0, 0.1) is 0 Å². The van der Waals surface area contributed by atoms with Gasteiger partial charge in [0, 0.05) is 16.2 Å². The summed E-state index contributed by atoms with van der Waals surface area (Å²) in [6.45, 7) is 2.31. The minimum absolute atomic E-state index is 0.141. The molecule has 0 radical (unpaired) electrons. The van der Waals surface area contributed by atoms with E-state index in [4.69, 9.17) is 21.1 Å². The lowest BCUT2D eigenvalue weighted by atomic mass is 9.88. The summed E-state index contributed by atoms with van der Waals surface area (Å²) >= 11 is 7.89. The van der Waals surface area contributed by atoms with Gasteiger partial charge in [-0.15, -0.1) is 11.6 Å². The molecule has 0 spiro atoms. The van der Waals surface area contributed by atoms with Gasteiger partial charge in [-0.1, -0.05) is 6.07 Å². The smallest absolute Gasteiger partial charge is 0.164 e. The van der Waals surface area contributed by atoms with Crippen molar-refractivity contribution < 1.29 is 9.47 Å². The van der Waals surface area contributed by atoms with Gasteiger partial charge in [-0.2, -0.15) is 11.8 Å². The molecule has 0 amide bonds. The fourth-order valence-corrected chi connectivity index (χ4v) is 4.33. The fraction of sp³-hybridized carbons (Fsp3) is 0.600. The minimum atomic E-state index is 0.141. The van der Waals surface area contributed by atoms with Crippen molar-refractivity contribution >= 4 is 23.4 Å². The van der Waals surface area contributed by atoms with Gasteiger partial charge in [0.05, 0.1) is 14.2 Å². The van der Waals surface area contributed by atoms with Crippen LogP contribution >= 0.6 is 23.4 Å². The molecule has 106 valence electrons. The first-order valence-corrected chi connectivity index (χ1v) is 8.12. The van der Waals surface area contributed by atoms with Crippen LogP contribution in [0.3, 0.4) is 0 Å². The zero-order valence-electron chi connectivity index (χ0n) is 11.8. The number of benzene rings is 1. The number of halogens is 1. The Hall–Kier alpha value is -0.540. The molecular weight excluding hydrogens is 280 g/mol. The van der Waals surface area contributed by atoms with Gasteiger partial charge < -0.3 is 9.47 Å². The van der Waals surface area contributed by atoms with Crippen molar-refractivity contribution in [3.63, 3.8) is 0 Å². The SMILES string of the molecule is COc1ccc2c(c1OC)CCSC2(C)CCCCl. The van der Waals surface area contributed by atoms with E-state index in [1.807, 2.05) is 17.8 Å². The molecule has 1 atom stereocenters. The van der Waals surface area contributed by atoms with Crippen molar-refractivity contribution in [3.8, 4) is 11.5 Å². The Bertz CT molecular complexity index is 450. The molecule has 0 saturated carbocycles. The van der Waals surface area contributed by atoms with Crippen molar-refractivity contribution in [1.29, 1.82) is 0 Å². The van der Waals surface area contributed by atoms with Crippen molar-refractivity contribution in [2.24, 2.45) is 0 Å². The van der Waals surface area contributed by atoms with Gasteiger partial charge in [0.2, 0.25) is 0 Å². The van der Waals surface area contributed by atoms with Crippen LogP contribution in [0.1, 0.15) is 30.9 Å². The largest absolute Gasteiger partial charge is 0.493 e. The molecule has 2 rings (SSSR count). The predicted molar refractivity (Wildman–Crippen MR) is 83.0 cm³/mol. The van der Waals surface area contributed by atoms with E-state index >= 15 is 0 Å². The maximum absolute atomic E-state index is 5.86. The third kappa shape index (κ3) is 2.82. The highest BCUT2D eigenvalue weighted by Gasteiger charge is 2.34. The Labute approximate surface area is 124 Å². The summed E-state index contributed by atoms with van der Waals surface area (Å²) < 4.78 is 11.1. The molecule has 1 heterocycles. The van der Waals surface area contributed by atoms with E-state index in [0.717, 1.165) is 42.4 Å². The molecule has 0 N–H and O–H groups in total. The third-order valence-electron chi connectivity index (χ3n) is 3.78. The van der Waals surface area contributed by atoms with E-state index in [2.05, 4.69) is 13.0 Å². The number of hydrogen-bond donors (Lipinski definition) is 0. The molecule has 0 aromatic heterocycles. The number of methoxy groups -OCH3 is 2. The molecule has 1 aliphatic heterocycles. The number of thioether (sulfide) groups is 1. The maximum atomic E-state index is 5.86. The van der Waals surface area contributed by atoms with Crippen molar-refractivity contribution in [2.75, 3.05) is 25.9 Å². The highest BCUT2D eigenvalue weighted by atomic mass is 35.5. The summed E-state index contributed by atoms with van der Waals surface area (Å²) in [6.07, 6.45) is 3.18. The quantitative estimate of drug-likeness (QED) is 0.758. The van der Waals surface area contributed by atoms with Gasteiger partial charge >= 0.3 is 0 Å². The predicted octanol–water partition coefficient (Wildman–Crippen LogP) is 4.23. The molecule has 2 nitrogen and oxygen atoms in total. The normalized spacial score (nSPS) is 21.9. The van der Waals surface area contributed by atoms with Gasteiger partial charge in [0.1, 0.15) is 0 Å². The average molecular weight is 301 g/mol. The number of ether oxygens (including phenoxy) is 2. The summed E-state index contributed by atoms with van der Waals surface area (Å²) in [5.41, 5.74) is 2.68. The van der Waals surface area contributed by atoms with E-state index in [1.54, 1.807) is 14.2 Å². The lowest BCUT2D eigenvalue weighted by molar-refractivity contribution is 0.350. The minimum Gasteiger partial charge on any atom is -0.493 e. The highest BCUT2D eigenvalue weighted by Crippen LogP contribution is 2.50. The first-order chi connectivity index (χ1) is 9.16. The van der Waals surface area contributed by atoms with Crippen LogP contribution in [-0.4, -0.2) is 25.9 Å². The molecule has 0 bridgehead atoms. The number of rotatable bonds is 5. The molecule has 1 aliphatic rings. The highest BCUT2D eigenvalue weighted by molar-refractivity contribution is 8.00. The van der Waals surface area contributed by atoms with Crippen molar-refractivity contribution in [1.82, 2.24) is 0 Å². The van der Waals surface area contributed by atoms with Gasteiger partial charge in [-0.05, 0) is 43.6 Å². The van der Waals surface area contributed by atoms with Crippen LogP contribution in [0.15, 0.2) is 12.1 Å². The zero-order valence-corrected chi connectivity index (χ0v) is 13.4. The van der Waals surface area contributed by atoms with Gasteiger partial charge in [0.15, 0.2) is 11.5 Å². The Morgan fingerprint density at radius 2 is 2.11 bits per heavy atom. The first-order valence-electron chi connectivity index (χ1n) is 6.60. The van der Waals surface area contributed by atoms with E-state index in [1.165, 1.54) is 11.1 Å². The maximum Gasteiger partial charge on any atom is 0.164 e. The second-order valence-electron chi connectivity index (χ2n) is 4.95. The number of alkyl halides is 1. The molecule has 1 unspecified atom stereocenters. The second-order valence-corrected chi connectivity index (χ2v) is 6.92. The summed E-state index contributed by atoms with van der Waals surface area (Å²) in [5, 5.41) is 0. The summed E-state index contributed by atoms with van der Waals surface area (Å²) in [6, 6.07) is 4.21. The topological polar surface area (TPSA) is 18.5 Å². The summed E-state index contributed by atoms with van der Waals surface area (Å²) in [4.78, 5) is 0. The van der Waals surface area contributed by atoms with Crippen LogP contribution in [0.2, 0.25) is 0 Å². The molecule has 0 saturated heterocycles. The second kappa shape index (κ2) is 6.27. The molecule has 4 heteroatoms. The van der Waals surface area contributed by atoms with Gasteiger partial charge in [0.25, 0.3) is 0 Å². The Balaban J connectivity index is 2.45. The monoisotopic (exact) mass is 300 g/mol. The Kier molecular flexibility index (Phi) is 4.91. The van der Waals surface area contributed by atoms with Crippen LogP contribution in [0.5, 0.6) is 11.5 Å². The van der Waals surface area contributed by atoms with Gasteiger partial charge in [-0.25, -0.2) is 0 Å². The average Bonchev–Trinajstić information content (AvgIpc) is 2.44. The van der Waals surface area contributed by atoms with Crippen LogP contribution < -0.4 is 9.47 Å². The summed E-state index contributed by atoms with van der Waals surface area (Å²) in [7, 11) is 3.41. The Morgan fingerprint density at radius 3 is 2.74 bits per heavy atom. The van der Waals surface area contributed by atoms with E-state index in [9.17, 15) is 0 Å². The summed E-state index contributed by atoms with van der Waals surface area (Å²) in [5.74, 6) is 3.57. The Morgan fingerprint density at radius 1 is 1.32 bits per heavy atom. The standard InChI is InChI=1S/C15H21ClO2S/c1-15(8-4-9-16)12-5-6-13(17-2)14(18-3)11(12)7-10-19-15/h5-6H,4,7-10H2,1-3H3. The van der Waals surface area contributed by atoms with Crippen molar-refractivity contribution in [3.05, 3.63) is 23.3 Å². The molecule has 0 aliphatic carbocycles. The molecule has 0 fully saturated rings. The first kappa shape index (κ1) is 14.9. The lowest BCUT2D eigenvalue weighted by Crippen LogP contribution is -2.25. The lowest BCUT2D eigenvalue weighted by Gasteiger charge is -2.36. The van der Waals surface area contributed by atoms with Crippen LogP contribution in [0.4, 0.5) is 0 Å². The molecule has 1 aromatic carbocycles. The van der Waals surface area contributed by atoms with E-state index < -0.39 is 0 Å². The van der Waals surface area contributed by atoms with Crippen LogP contribution in [-0.2, 0) is 11.2 Å². The van der Waals surface area contributed by atoms with Crippen LogP contribution in [0.25, 0.3) is 0 Å². The number of fused-ring (bicyclic) bond motifs is 1. The molecule has 19 heavy (non-hydrogen) atoms. The van der Waals surface area contributed by atoms with Gasteiger partial charge in [-0.3, -0.25) is 0 Å². The number of hydrogen-bond acceptors (Lipinski definition) is 3. The molecule has 1 aromatic rings. The van der Waals surface area contributed by atoms with E-state index in [0.29, 0.717) is 0 Å².